The highest BCUT2D eigenvalue weighted by molar-refractivity contribution is 5.85. The Balaban J connectivity index is 0.00000182. The van der Waals surface area contributed by atoms with Crippen LogP contribution in [0.5, 0.6) is 0 Å². The third kappa shape index (κ3) is 3.31. The van der Waals surface area contributed by atoms with Gasteiger partial charge in [-0.25, -0.2) is 0 Å². The van der Waals surface area contributed by atoms with Crippen LogP contribution in [0.2, 0.25) is 0 Å². The average molecular weight is 361 g/mol. The largest absolute Gasteiger partial charge is 0.340 e. The molecule has 134 valence electrons. The first-order chi connectivity index (χ1) is 11.6. The summed E-state index contributed by atoms with van der Waals surface area (Å²) in [6.07, 6.45) is 3.56. The van der Waals surface area contributed by atoms with Crippen LogP contribution < -0.4 is 0 Å². The monoisotopic (exact) mass is 360 g/mol. The van der Waals surface area contributed by atoms with Gasteiger partial charge in [0.15, 0.2) is 0 Å². The molecule has 0 unspecified atom stereocenters. The molecule has 0 aliphatic carbocycles. The molecule has 6 heteroatoms. The summed E-state index contributed by atoms with van der Waals surface area (Å²) in [6.45, 7) is 5.32. The van der Waals surface area contributed by atoms with Crippen LogP contribution in [-0.2, 0) is 11.3 Å². The van der Waals surface area contributed by atoms with Gasteiger partial charge in [0.05, 0.1) is 0 Å². The lowest BCUT2D eigenvalue weighted by atomic mass is 9.88. The first kappa shape index (κ1) is 18.0. The minimum atomic E-state index is 0. The Morgan fingerprint density at radius 2 is 2.00 bits per heavy atom. The van der Waals surface area contributed by atoms with Gasteiger partial charge in [0.2, 0.25) is 5.91 Å². The molecule has 2 aliphatic heterocycles. The van der Waals surface area contributed by atoms with Gasteiger partial charge >= 0.3 is 0 Å². The summed E-state index contributed by atoms with van der Waals surface area (Å²) in [7, 11) is 2.21. The summed E-state index contributed by atoms with van der Waals surface area (Å²) in [5.41, 5.74) is 2.75. The number of carbonyl (C=O) groups excluding carboxylic acids is 1. The molecule has 3 atom stereocenters. The second-order valence-electron chi connectivity index (χ2n) is 7.17. The van der Waals surface area contributed by atoms with Crippen molar-refractivity contribution in [2.45, 2.75) is 19.5 Å². The lowest BCUT2D eigenvalue weighted by molar-refractivity contribution is -0.131. The van der Waals surface area contributed by atoms with Gasteiger partial charge in [0.25, 0.3) is 0 Å². The number of fused-ring (bicyclic) bond motifs is 1. The van der Waals surface area contributed by atoms with Crippen LogP contribution in [0.4, 0.5) is 0 Å². The fourth-order valence-electron chi connectivity index (χ4n) is 4.48. The normalized spacial score (nSPS) is 25.7. The molecule has 2 aliphatic rings. The van der Waals surface area contributed by atoms with Crippen molar-refractivity contribution in [1.82, 2.24) is 19.6 Å². The number of hydrogen-bond acceptors (Lipinski definition) is 3. The number of amides is 1. The molecule has 0 saturated carbocycles. The molecule has 5 nitrogen and oxygen atoms in total. The van der Waals surface area contributed by atoms with E-state index in [9.17, 15) is 4.79 Å². The summed E-state index contributed by atoms with van der Waals surface area (Å²) >= 11 is 0. The molecule has 25 heavy (non-hydrogen) atoms. The van der Waals surface area contributed by atoms with Gasteiger partial charge in [-0.05, 0) is 37.1 Å². The van der Waals surface area contributed by atoms with Crippen molar-refractivity contribution in [3.05, 3.63) is 53.9 Å². The lowest BCUT2D eigenvalue weighted by Gasteiger charge is -2.28. The van der Waals surface area contributed by atoms with E-state index in [0.29, 0.717) is 24.4 Å². The zero-order valence-electron chi connectivity index (χ0n) is 14.7. The van der Waals surface area contributed by atoms with E-state index in [4.69, 9.17) is 0 Å². The standard InChI is InChI=1S/C19H24N4O.ClH/c1-14-6-3-4-7-16(14)19-17-12-22(11-15(17)10-21(19)2)18(24)13-23-9-5-8-20-23;/h3-9,15,17,19H,10-13H2,1-2H3;1H/t15-,17+,19+;/m0./s1. The predicted octanol–water partition coefficient (Wildman–Crippen LogP) is 2.37. The Morgan fingerprint density at radius 1 is 1.20 bits per heavy atom. The highest BCUT2D eigenvalue weighted by atomic mass is 35.5. The summed E-state index contributed by atoms with van der Waals surface area (Å²) in [6, 6.07) is 10.9. The van der Waals surface area contributed by atoms with E-state index >= 15 is 0 Å². The van der Waals surface area contributed by atoms with E-state index in [1.54, 1.807) is 10.9 Å². The van der Waals surface area contributed by atoms with Gasteiger partial charge < -0.3 is 4.90 Å². The van der Waals surface area contributed by atoms with Gasteiger partial charge in [-0.3, -0.25) is 14.4 Å². The molecule has 3 heterocycles. The zero-order chi connectivity index (χ0) is 16.7. The van der Waals surface area contributed by atoms with Crippen molar-refractivity contribution < 1.29 is 4.79 Å². The molecule has 4 rings (SSSR count). The average Bonchev–Trinajstić information content (AvgIpc) is 3.24. The molecule has 1 aromatic carbocycles. The Hall–Kier alpha value is -1.85. The van der Waals surface area contributed by atoms with Crippen LogP contribution in [0.25, 0.3) is 0 Å². The number of aryl methyl sites for hydroxylation is 1. The molecule has 0 N–H and O–H groups in total. The predicted molar refractivity (Wildman–Crippen MR) is 99.6 cm³/mol. The molecule has 1 amide bonds. The third-order valence-electron chi connectivity index (χ3n) is 5.61. The molecule has 2 saturated heterocycles. The minimum absolute atomic E-state index is 0. The molecular weight excluding hydrogens is 336 g/mol. The second-order valence-corrected chi connectivity index (χ2v) is 7.17. The highest BCUT2D eigenvalue weighted by Crippen LogP contribution is 2.44. The lowest BCUT2D eigenvalue weighted by Crippen LogP contribution is -2.35. The molecule has 2 fully saturated rings. The highest BCUT2D eigenvalue weighted by Gasteiger charge is 2.47. The third-order valence-corrected chi connectivity index (χ3v) is 5.61. The van der Waals surface area contributed by atoms with Crippen LogP contribution in [0.3, 0.4) is 0 Å². The van der Waals surface area contributed by atoms with Gasteiger partial charge in [-0.15, -0.1) is 12.4 Å². The van der Waals surface area contributed by atoms with Crippen molar-refractivity contribution in [2.75, 3.05) is 26.7 Å². The van der Waals surface area contributed by atoms with Gasteiger partial charge in [-0.1, -0.05) is 24.3 Å². The summed E-state index contributed by atoms with van der Waals surface area (Å²) < 4.78 is 1.71. The number of likely N-dealkylation sites (tertiary alicyclic amines) is 2. The van der Waals surface area contributed by atoms with E-state index in [0.717, 1.165) is 19.6 Å². The zero-order valence-corrected chi connectivity index (χ0v) is 15.5. The quantitative estimate of drug-likeness (QED) is 0.843. The van der Waals surface area contributed by atoms with E-state index < -0.39 is 0 Å². The van der Waals surface area contributed by atoms with Crippen LogP contribution in [0, 0.1) is 18.8 Å². The number of nitrogens with zero attached hydrogens (tertiary/aromatic N) is 4. The van der Waals surface area contributed by atoms with E-state index in [-0.39, 0.29) is 18.3 Å². The van der Waals surface area contributed by atoms with E-state index in [1.807, 2.05) is 17.2 Å². The number of rotatable bonds is 3. The Kier molecular flexibility index (Phi) is 5.16. The van der Waals surface area contributed by atoms with Crippen LogP contribution in [0.1, 0.15) is 17.2 Å². The van der Waals surface area contributed by atoms with Crippen molar-refractivity contribution in [1.29, 1.82) is 0 Å². The SMILES string of the molecule is Cc1ccccc1[C@@H]1[C@@H]2CN(C(=O)Cn3cccn3)C[C@@H]2CN1C.Cl. The fourth-order valence-corrected chi connectivity index (χ4v) is 4.48. The van der Waals surface area contributed by atoms with Crippen LogP contribution in [0.15, 0.2) is 42.7 Å². The summed E-state index contributed by atoms with van der Waals surface area (Å²) in [4.78, 5) is 17.1. The smallest absolute Gasteiger partial charge is 0.244 e. The van der Waals surface area contributed by atoms with E-state index in [1.165, 1.54) is 11.1 Å². The Labute approximate surface area is 155 Å². The van der Waals surface area contributed by atoms with Crippen molar-refractivity contribution in [3.63, 3.8) is 0 Å². The van der Waals surface area contributed by atoms with Gasteiger partial charge in [0, 0.05) is 44.0 Å². The van der Waals surface area contributed by atoms with Crippen molar-refractivity contribution in [3.8, 4) is 0 Å². The number of benzene rings is 1. The topological polar surface area (TPSA) is 41.4 Å². The number of halogens is 1. The molecule has 1 aromatic heterocycles. The first-order valence-corrected chi connectivity index (χ1v) is 8.64. The Bertz CT molecular complexity index is 733. The maximum Gasteiger partial charge on any atom is 0.244 e. The summed E-state index contributed by atoms with van der Waals surface area (Å²) in [5.74, 6) is 1.28. The second kappa shape index (κ2) is 7.18. The van der Waals surface area contributed by atoms with Crippen LogP contribution in [-0.4, -0.2) is 52.2 Å². The first-order valence-electron chi connectivity index (χ1n) is 8.64. The number of aromatic nitrogens is 2. The molecule has 0 spiro atoms. The molecule has 0 radical (unpaired) electrons. The number of carbonyl (C=O) groups is 1. The van der Waals surface area contributed by atoms with Crippen molar-refractivity contribution in [2.24, 2.45) is 11.8 Å². The fraction of sp³-hybridized carbons (Fsp3) is 0.474. The molecule has 2 aromatic rings. The van der Waals surface area contributed by atoms with E-state index in [2.05, 4.69) is 48.2 Å². The molecular formula is C19H25ClN4O. The Morgan fingerprint density at radius 3 is 2.72 bits per heavy atom. The van der Waals surface area contributed by atoms with Gasteiger partial charge in [-0.2, -0.15) is 5.10 Å². The summed E-state index contributed by atoms with van der Waals surface area (Å²) in [5, 5.41) is 4.15. The van der Waals surface area contributed by atoms with Crippen LogP contribution >= 0.6 is 12.4 Å². The number of hydrogen-bond donors (Lipinski definition) is 0. The minimum Gasteiger partial charge on any atom is -0.340 e. The maximum atomic E-state index is 12.6. The van der Waals surface area contributed by atoms with Gasteiger partial charge in [0.1, 0.15) is 6.54 Å². The van der Waals surface area contributed by atoms with Crippen molar-refractivity contribution >= 4 is 18.3 Å². The maximum absolute atomic E-state index is 12.6. The molecule has 0 bridgehead atoms.